The largest absolute Gasteiger partial charge is 0.330 e. The molecule has 1 aliphatic heterocycles. The summed E-state index contributed by atoms with van der Waals surface area (Å²) in [4.78, 5) is 0. The van der Waals surface area contributed by atoms with Gasteiger partial charge in [0.25, 0.3) is 10.2 Å². The van der Waals surface area contributed by atoms with Gasteiger partial charge in [-0.25, -0.2) is 0 Å². The van der Waals surface area contributed by atoms with Gasteiger partial charge in [0.1, 0.15) is 0 Å². The molecule has 0 saturated carbocycles. The van der Waals surface area contributed by atoms with Gasteiger partial charge in [0.15, 0.2) is 0 Å². The summed E-state index contributed by atoms with van der Waals surface area (Å²) < 4.78 is 28.6. The maximum atomic E-state index is 12.2. The van der Waals surface area contributed by atoms with E-state index in [1.807, 2.05) is 12.1 Å². The van der Waals surface area contributed by atoms with Crippen LogP contribution in [-0.2, 0) is 16.8 Å². The predicted molar refractivity (Wildman–Crippen MR) is 80.6 cm³/mol. The molecule has 1 atom stereocenters. The molecule has 1 fully saturated rings. The predicted octanol–water partition coefficient (Wildman–Crippen LogP) is 1.35. The molecular weight excluding hydrogens is 298 g/mol. The monoisotopic (exact) mass is 317 g/mol. The lowest BCUT2D eigenvalue weighted by molar-refractivity contribution is 0.268. The van der Waals surface area contributed by atoms with Crippen LogP contribution in [0.2, 0.25) is 5.02 Å². The number of nitrogens with one attached hydrogen (secondary N) is 1. The fourth-order valence-corrected chi connectivity index (χ4v) is 3.74. The second kappa shape index (κ2) is 6.87. The van der Waals surface area contributed by atoms with E-state index in [-0.39, 0.29) is 12.5 Å². The molecule has 112 valence electrons. The van der Waals surface area contributed by atoms with Crippen molar-refractivity contribution in [2.24, 2.45) is 11.7 Å². The second-order valence-electron chi connectivity index (χ2n) is 5.05. The van der Waals surface area contributed by atoms with Gasteiger partial charge in [-0.15, -0.1) is 0 Å². The van der Waals surface area contributed by atoms with Crippen molar-refractivity contribution in [3.63, 3.8) is 0 Å². The Hall–Kier alpha value is -0.660. The fraction of sp³-hybridized carbons (Fsp3) is 0.538. The van der Waals surface area contributed by atoms with Gasteiger partial charge in [-0.3, -0.25) is 0 Å². The molecule has 1 unspecified atom stereocenters. The summed E-state index contributed by atoms with van der Waals surface area (Å²) in [6.45, 7) is 1.87. The molecule has 0 aliphatic carbocycles. The van der Waals surface area contributed by atoms with Crippen molar-refractivity contribution >= 4 is 21.8 Å². The van der Waals surface area contributed by atoms with E-state index in [0.717, 1.165) is 18.4 Å². The molecule has 0 bridgehead atoms. The smallest absolute Gasteiger partial charge is 0.279 e. The maximum Gasteiger partial charge on any atom is 0.279 e. The number of piperidine rings is 1. The van der Waals surface area contributed by atoms with Crippen molar-refractivity contribution in [3.8, 4) is 0 Å². The van der Waals surface area contributed by atoms with Crippen molar-refractivity contribution in [2.75, 3.05) is 19.6 Å². The van der Waals surface area contributed by atoms with Gasteiger partial charge < -0.3 is 5.73 Å². The van der Waals surface area contributed by atoms with Crippen LogP contribution in [0.15, 0.2) is 24.3 Å². The molecule has 1 aromatic carbocycles. The van der Waals surface area contributed by atoms with E-state index < -0.39 is 10.2 Å². The van der Waals surface area contributed by atoms with Crippen molar-refractivity contribution in [2.45, 2.75) is 19.4 Å². The highest BCUT2D eigenvalue weighted by Gasteiger charge is 2.27. The van der Waals surface area contributed by atoms with E-state index >= 15 is 0 Å². The lowest BCUT2D eigenvalue weighted by atomic mass is 10.0. The molecule has 20 heavy (non-hydrogen) atoms. The maximum absolute atomic E-state index is 12.2. The molecule has 5 nitrogen and oxygen atoms in total. The quantitative estimate of drug-likeness (QED) is 0.860. The zero-order valence-corrected chi connectivity index (χ0v) is 12.8. The molecule has 7 heteroatoms. The molecule has 3 N–H and O–H groups in total. The summed E-state index contributed by atoms with van der Waals surface area (Å²) >= 11 is 5.80. The third kappa shape index (κ3) is 4.17. The summed E-state index contributed by atoms with van der Waals surface area (Å²) in [5, 5.41) is 0.637. The molecule has 1 aliphatic rings. The Balaban J connectivity index is 1.95. The minimum atomic E-state index is -3.44. The zero-order valence-electron chi connectivity index (χ0n) is 11.3. The zero-order chi connectivity index (χ0) is 14.6. The van der Waals surface area contributed by atoms with E-state index in [1.165, 1.54) is 4.31 Å². The third-order valence-electron chi connectivity index (χ3n) is 3.53. The Labute approximate surface area is 125 Å². The number of halogens is 1. The number of nitrogens with two attached hydrogens (primary N) is 1. The first-order valence-electron chi connectivity index (χ1n) is 6.70. The van der Waals surface area contributed by atoms with Crippen LogP contribution in [0, 0.1) is 5.92 Å². The molecule has 0 radical (unpaired) electrons. The Morgan fingerprint density at radius 2 is 2.05 bits per heavy atom. The summed E-state index contributed by atoms with van der Waals surface area (Å²) in [7, 11) is -3.44. The summed E-state index contributed by atoms with van der Waals surface area (Å²) in [6, 6.07) is 7.11. The number of benzene rings is 1. The van der Waals surface area contributed by atoms with Gasteiger partial charge in [0.2, 0.25) is 0 Å². The SMILES string of the molecule is NCC1CCCN(S(=O)(=O)NCc2ccc(Cl)cc2)C1. The highest BCUT2D eigenvalue weighted by atomic mass is 35.5. The standard InChI is InChI=1S/C13H20ClN3O2S/c14-13-5-3-11(4-6-13)9-16-20(18,19)17-7-1-2-12(8-15)10-17/h3-6,12,16H,1-2,7-10,15H2. The average molecular weight is 318 g/mol. The fourth-order valence-electron chi connectivity index (χ4n) is 2.31. The first-order chi connectivity index (χ1) is 9.51. The van der Waals surface area contributed by atoms with E-state index in [0.29, 0.717) is 24.7 Å². The van der Waals surface area contributed by atoms with Crippen LogP contribution in [-0.4, -0.2) is 32.4 Å². The Kier molecular flexibility index (Phi) is 5.40. The molecule has 2 rings (SSSR count). The first kappa shape index (κ1) is 15.7. The van der Waals surface area contributed by atoms with Crippen molar-refractivity contribution in [1.82, 2.24) is 9.03 Å². The number of hydrogen-bond acceptors (Lipinski definition) is 3. The lowest BCUT2D eigenvalue weighted by Gasteiger charge is -2.31. The number of nitrogens with zero attached hydrogens (tertiary/aromatic N) is 1. The van der Waals surface area contributed by atoms with Crippen molar-refractivity contribution in [1.29, 1.82) is 0 Å². The number of rotatable bonds is 5. The van der Waals surface area contributed by atoms with E-state index in [1.54, 1.807) is 12.1 Å². The average Bonchev–Trinajstić information content (AvgIpc) is 2.47. The first-order valence-corrected chi connectivity index (χ1v) is 8.52. The normalized spacial score (nSPS) is 21.0. The summed E-state index contributed by atoms with van der Waals surface area (Å²) in [6.07, 6.45) is 1.86. The van der Waals surface area contributed by atoms with Gasteiger partial charge in [0.05, 0.1) is 0 Å². The second-order valence-corrected chi connectivity index (χ2v) is 7.25. The Morgan fingerprint density at radius 3 is 2.70 bits per heavy atom. The molecule has 0 spiro atoms. The van der Waals surface area contributed by atoms with Gasteiger partial charge in [0, 0.05) is 24.7 Å². The van der Waals surface area contributed by atoms with E-state index in [4.69, 9.17) is 17.3 Å². The molecule has 0 aromatic heterocycles. The van der Waals surface area contributed by atoms with Crippen LogP contribution in [0.25, 0.3) is 0 Å². The van der Waals surface area contributed by atoms with E-state index in [2.05, 4.69) is 4.72 Å². The summed E-state index contributed by atoms with van der Waals surface area (Å²) in [5.41, 5.74) is 6.51. The summed E-state index contributed by atoms with van der Waals surface area (Å²) in [5.74, 6) is 0.260. The van der Waals surface area contributed by atoms with Crippen LogP contribution in [0.5, 0.6) is 0 Å². The lowest BCUT2D eigenvalue weighted by Crippen LogP contribution is -2.47. The van der Waals surface area contributed by atoms with Crippen LogP contribution in [0.3, 0.4) is 0 Å². The highest BCUT2D eigenvalue weighted by molar-refractivity contribution is 7.87. The van der Waals surface area contributed by atoms with E-state index in [9.17, 15) is 8.42 Å². The van der Waals surface area contributed by atoms with Crippen LogP contribution >= 0.6 is 11.6 Å². The Bertz CT molecular complexity index is 533. The van der Waals surface area contributed by atoms with Crippen LogP contribution in [0.4, 0.5) is 0 Å². The third-order valence-corrected chi connectivity index (χ3v) is 5.30. The molecule has 1 heterocycles. The van der Waals surface area contributed by atoms with Crippen LogP contribution < -0.4 is 10.5 Å². The van der Waals surface area contributed by atoms with Gasteiger partial charge in [-0.05, 0) is 43.0 Å². The van der Waals surface area contributed by atoms with Crippen molar-refractivity contribution < 1.29 is 8.42 Å². The van der Waals surface area contributed by atoms with Gasteiger partial charge in [-0.2, -0.15) is 17.4 Å². The topological polar surface area (TPSA) is 75.4 Å². The number of hydrogen-bond donors (Lipinski definition) is 2. The van der Waals surface area contributed by atoms with Crippen LogP contribution in [0.1, 0.15) is 18.4 Å². The Morgan fingerprint density at radius 1 is 1.35 bits per heavy atom. The minimum absolute atomic E-state index is 0.260. The molecular formula is C13H20ClN3O2S. The van der Waals surface area contributed by atoms with Gasteiger partial charge in [-0.1, -0.05) is 23.7 Å². The molecule has 1 aromatic rings. The minimum Gasteiger partial charge on any atom is -0.330 e. The van der Waals surface area contributed by atoms with Gasteiger partial charge >= 0.3 is 0 Å². The molecule has 1 saturated heterocycles. The highest BCUT2D eigenvalue weighted by Crippen LogP contribution is 2.18. The molecule has 0 amide bonds. The van der Waals surface area contributed by atoms with Crippen molar-refractivity contribution in [3.05, 3.63) is 34.9 Å².